The highest BCUT2D eigenvalue weighted by molar-refractivity contribution is 7.63. The van der Waals surface area contributed by atoms with Gasteiger partial charge in [-0.1, -0.05) is 13.3 Å². The van der Waals surface area contributed by atoms with Crippen LogP contribution in [0.1, 0.15) is 19.8 Å². The Bertz CT molecular complexity index is 166. The van der Waals surface area contributed by atoms with Gasteiger partial charge in [-0.25, -0.2) is 4.57 Å². The van der Waals surface area contributed by atoms with Crippen molar-refractivity contribution in [2.45, 2.75) is 19.8 Å². The molecular weight excluding hydrogens is 210 g/mol. The maximum Gasteiger partial charge on any atom is 0.477 e. The van der Waals surface area contributed by atoms with Crippen molar-refractivity contribution in [2.24, 2.45) is 0 Å². The molecule has 0 radical (unpaired) electrons. The van der Waals surface area contributed by atoms with Gasteiger partial charge in [0.1, 0.15) is 0 Å². The molecule has 0 spiro atoms. The third kappa shape index (κ3) is 5.77. The standard InChI is InChI=1S/C7H18O4P2/c1-5-6-7-12(4)11-13(8,9-2)10-3/h5-7H2,1-4H3. The Labute approximate surface area is 81.4 Å². The monoisotopic (exact) mass is 228 g/mol. The fourth-order valence-electron chi connectivity index (χ4n) is 0.734. The van der Waals surface area contributed by atoms with Gasteiger partial charge in [-0.05, 0) is 19.2 Å². The van der Waals surface area contributed by atoms with Crippen LogP contribution in [0.15, 0.2) is 0 Å². The van der Waals surface area contributed by atoms with Crippen LogP contribution in [0.4, 0.5) is 0 Å². The Morgan fingerprint density at radius 1 is 1.31 bits per heavy atom. The Kier molecular flexibility index (Phi) is 7.20. The van der Waals surface area contributed by atoms with E-state index in [4.69, 9.17) is 4.31 Å². The number of unbranched alkanes of at least 4 members (excludes halogenated alkanes) is 1. The molecule has 0 N–H and O–H groups in total. The van der Waals surface area contributed by atoms with E-state index in [1.807, 2.05) is 6.66 Å². The zero-order valence-corrected chi connectivity index (χ0v) is 10.4. The molecule has 1 unspecified atom stereocenters. The van der Waals surface area contributed by atoms with E-state index in [2.05, 4.69) is 16.0 Å². The fraction of sp³-hybridized carbons (Fsp3) is 1.00. The molecule has 0 aliphatic carbocycles. The van der Waals surface area contributed by atoms with Gasteiger partial charge in [0.2, 0.25) is 0 Å². The smallest absolute Gasteiger partial charge is 0.290 e. The number of phosphoric ester groups is 1. The molecule has 6 heteroatoms. The van der Waals surface area contributed by atoms with Crippen molar-refractivity contribution in [3.63, 3.8) is 0 Å². The van der Waals surface area contributed by atoms with Gasteiger partial charge in [0.15, 0.2) is 0 Å². The second-order valence-electron chi connectivity index (χ2n) is 2.60. The van der Waals surface area contributed by atoms with Crippen LogP contribution in [0.3, 0.4) is 0 Å². The van der Waals surface area contributed by atoms with E-state index in [1.54, 1.807) is 0 Å². The Hall–Kier alpha value is 0.540. The maximum absolute atomic E-state index is 11.5. The minimum absolute atomic E-state index is 0.699. The number of hydrogen-bond donors (Lipinski definition) is 0. The first-order valence-corrected chi connectivity index (χ1v) is 7.55. The molecule has 80 valence electrons. The summed E-state index contributed by atoms with van der Waals surface area (Å²) in [6.45, 7) is 4.03. The van der Waals surface area contributed by atoms with E-state index in [-0.39, 0.29) is 0 Å². The zero-order valence-electron chi connectivity index (χ0n) is 8.65. The molecule has 0 aromatic carbocycles. The van der Waals surface area contributed by atoms with E-state index in [1.165, 1.54) is 14.2 Å². The second kappa shape index (κ2) is 6.92. The van der Waals surface area contributed by atoms with Crippen LogP contribution < -0.4 is 0 Å². The van der Waals surface area contributed by atoms with Crippen molar-refractivity contribution in [1.29, 1.82) is 0 Å². The average molecular weight is 228 g/mol. The largest absolute Gasteiger partial charge is 0.477 e. The van der Waals surface area contributed by atoms with Crippen LogP contribution >= 0.6 is 16.0 Å². The lowest BCUT2D eigenvalue weighted by Crippen LogP contribution is -1.93. The average Bonchev–Trinajstić information content (AvgIpc) is 2.14. The molecule has 1 atom stereocenters. The molecule has 0 saturated heterocycles. The van der Waals surface area contributed by atoms with Crippen molar-refractivity contribution < 1.29 is 17.9 Å². The van der Waals surface area contributed by atoms with Crippen LogP contribution in [-0.2, 0) is 17.9 Å². The highest BCUT2D eigenvalue weighted by atomic mass is 31.2. The number of rotatable bonds is 7. The second-order valence-corrected chi connectivity index (χ2v) is 6.58. The van der Waals surface area contributed by atoms with Gasteiger partial charge < -0.3 is 0 Å². The zero-order chi connectivity index (χ0) is 10.3. The van der Waals surface area contributed by atoms with E-state index in [9.17, 15) is 4.57 Å². The minimum atomic E-state index is -3.25. The van der Waals surface area contributed by atoms with Gasteiger partial charge >= 0.3 is 7.82 Å². The predicted octanol–water partition coefficient (Wildman–Crippen LogP) is 3.23. The topological polar surface area (TPSA) is 44.8 Å². The van der Waals surface area contributed by atoms with Gasteiger partial charge in [-0.15, -0.1) is 0 Å². The minimum Gasteiger partial charge on any atom is -0.290 e. The van der Waals surface area contributed by atoms with Crippen molar-refractivity contribution in [1.82, 2.24) is 0 Å². The molecule has 0 saturated carbocycles. The quantitative estimate of drug-likeness (QED) is 0.627. The lowest BCUT2D eigenvalue weighted by atomic mass is 10.4. The van der Waals surface area contributed by atoms with Gasteiger partial charge in [0.25, 0.3) is 0 Å². The molecule has 0 heterocycles. The Morgan fingerprint density at radius 3 is 2.23 bits per heavy atom. The van der Waals surface area contributed by atoms with Gasteiger partial charge in [-0.2, -0.15) is 0 Å². The molecule has 0 fully saturated rings. The highest BCUT2D eigenvalue weighted by Gasteiger charge is 2.25. The van der Waals surface area contributed by atoms with Crippen LogP contribution in [0.25, 0.3) is 0 Å². The Morgan fingerprint density at radius 2 is 1.85 bits per heavy atom. The third-order valence-corrected chi connectivity index (χ3v) is 5.27. The molecule has 0 aromatic heterocycles. The van der Waals surface area contributed by atoms with Crippen molar-refractivity contribution in [3.8, 4) is 0 Å². The normalized spacial score (nSPS) is 14.5. The first-order chi connectivity index (χ1) is 6.08. The number of hydrogen-bond acceptors (Lipinski definition) is 4. The molecule has 0 aliphatic heterocycles. The summed E-state index contributed by atoms with van der Waals surface area (Å²) in [5.74, 6) is 0. The summed E-state index contributed by atoms with van der Waals surface area (Å²) in [4.78, 5) is 0. The summed E-state index contributed by atoms with van der Waals surface area (Å²) in [5.41, 5.74) is 0. The van der Waals surface area contributed by atoms with Crippen LogP contribution in [0.5, 0.6) is 0 Å². The van der Waals surface area contributed by atoms with E-state index in [0.717, 1.165) is 19.0 Å². The number of phosphoric acid groups is 1. The first-order valence-electron chi connectivity index (χ1n) is 4.20. The molecule has 0 bridgehead atoms. The molecule has 0 aromatic rings. The van der Waals surface area contributed by atoms with Crippen LogP contribution in [-0.4, -0.2) is 27.0 Å². The SMILES string of the molecule is CCCCP(C)OP(=O)(OC)OC. The molecule has 13 heavy (non-hydrogen) atoms. The predicted molar refractivity (Wildman–Crippen MR) is 55.3 cm³/mol. The lowest BCUT2D eigenvalue weighted by Gasteiger charge is -2.18. The summed E-state index contributed by atoms with van der Waals surface area (Å²) in [5, 5.41) is 0. The summed E-state index contributed by atoms with van der Waals surface area (Å²) >= 11 is 0. The molecule has 0 aliphatic rings. The van der Waals surface area contributed by atoms with Gasteiger partial charge in [0.05, 0.1) is 0 Å². The molecular formula is C7H18O4P2. The van der Waals surface area contributed by atoms with E-state index >= 15 is 0 Å². The van der Waals surface area contributed by atoms with Crippen molar-refractivity contribution in [2.75, 3.05) is 27.0 Å². The summed E-state index contributed by atoms with van der Waals surface area (Å²) < 4.78 is 26.0. The molecule has 4 nitrogen and oxygen atoms in total. The van der Waals surface area contributed by atoms with Crippen LogP contribution in [0.2, 0.25) is 0 Å². The highest BCUT2D eigenvalue weighted by Crippen LogP contribution is 2.58. The maximum atomic E-state index is 11.5. The van der Waals surface area contributed by atoms with Gasteiger partial charge in [-0.3, -0.25) is 13.4 Å². The van der Waals surface area contributed by atoms with Crippen molar-refractivity contribution >= 4 is 16.0 Å². The Balaban J connectivity index is 3.87. The third-order valence-electron chi connectivity index (χ3n) is 1.51. The van der Waals surface area contributed by atoms with Crippen molar-refractivity contribution in [3.05, 3.63) is 0 Å². The fourth-order valence-corrected chi connectivity index (χ4v) is 3.87. The van der Waals surface area contributed by atoms with E-state index in [0.29, 0.717) is 0 Å². The lowest BCUT2D eigenvalue weighted by molar-refractivity contribution is 0.217. The van der Waals surface area contributed by atoms with Crippen LogP contribution in [0, 0.1) is 0 Å². The molecule has 0 rings (SSSR count). The molecule has 0 amide bonds. The summed E-state index contributed by atoms with van der Waals surface area (Å²) in [6, 6.07) is 0. The van der Waals surface area contributed by atoms with E-state index < -0.39 is 16.0 Å². The summed E-state index contributed by atoms with van der Waals surface area (Å²) in [6.07, 6.45) is 3.12. The van der Waals surface area contributed by atoms with Gasteiger partial charge in [0, 0.05) is 22.4 Å². The first kappa shape index (κ1) is 13.5. The summed E-state index contributed by atoms with van der Waals surface area (Å²) in [7, 11) is -1.29.